The van der Waals surface area contributed by atoms with Crippen LogP contribution in [0, 0.1) is 10.1 Å². The van der Waals surface area contributed by atoms with Gasteiger partial charge in [0.2, 0.25) is 0 Å². The molecule has 1 N–H and O–H groups in total. The fourth-order valence-corrected chi connectivity index (χ4v) is 5.11. The number of hydrogen-bond acceptors (Lipinski definition) is 5. The molecule has 31 heavy (non-hydrogen) atoms. The zero-order valence-electron chi connectivity index (χ0n) is 16.4. The Kier molecular flexibility index (Phi) is 5.43. The van der Waals surface area contributed by atoms with E-state index in [0.717, 1.165) is 5.56 Å². The number of nitro groups is 1. The van der Waals surface area contributed by atoms with Gasteiger partial charge in [0.25, 0.3) is 21.6 Å². The quantitative estimate of drug-likeness (QED) is 0.479. The first kappa shape index (κ1) is 20.5. The lowest BCUT2D eigenvalue weighted by Crippen LogP contribution is -2.35. The third kappa shape index (κ3) is 4.13. The van der Waals surface area contributed by atoms with Crippen molar-refractivity contribution in [3.8, 4) is 0 Å². The van der Waals surface area contributed by atoms with E-state index in [9.17, 15) is 23.3 Å². The summed E-state index contributed by atoms with van der Waals surface area (Å²) in [5, 5.41) is 13.5. The summed E-state index contributed by atoms with van der Waals surface area (Å²) < 4.78 is 27.6. The third-order valence-electron chi connectivity index (χ3n) is 5.08. The van der Waals surface area contributed by atoms with E-state index >= 15 is 0 Å². The average molecular weight is 437 g/mol. The Morgan fingerprint density at radius 3 is 2.39 bits per heavy atom. The third-order valence-corrected chi connectivity index (χ3v) is 6.91. The lowest BCUT2D eigenvalue weighted by Gasteiger charge is -2.30. The number of benzene rings is 3. The molecule has 1 heterocycles. The predicted octanol–water partition coefficient (Wildman–Crippen LogP) is 3.99. The summed E-state index contributed by atoms with van der Waals surface area (Å²) in [5.74, 6) is -0.403. The van der Waals surface area contributed by atoms with Crippen molar-refractivity contribution in [2.75, 3.05) is 16.2 Å². The molecule has 8 nitrogen and oxygen atoms in total. The average Bonchev–Trinajstić information content (AvgIpc) is 2.79. The number of fused-ring (bicyclic) bond motifs is 1. The molecular weight excluding hydrogens is 418 g/mol. The van der Waals surface area contributed by atoms with Crippen molar-refractivity contribution in [1.82, 2.24) is 0 Å². The molecule has 1 aliphatic heterocycles. The van der Waals surface area contributed by atoms with Crippen LogP contribution in [-0.2, 0) is 16.4 Å². The number of nitrogens with zero attached hydrogens (tertiary/aromatic N) is 2. The summed E-state index contributed by atoms with van der Waals surface area (Å²) in [5.41, 5.74) is 2.15. The smallest absolute Gasteiger partial charge is 0.269 e. The highest BCUT2D eigenvalue weighted by atomic mass is 32.2. The van der Waals surface area contributed by atoms with Crippen molar-refractivity contribution in [1.29, 1.82) is 0 Å². The van der Waals surface area contributed by atoms with Crippen molar-refractivity contribution in [3.63, 3.8) is 0 Å². The fraction of sp³-hybridized carbons (Fsp3) is 0.136. The highest BCUT2D eigenvalue weighted by Gasteiger charge is 2.29. The summed E-state index contributed by atoms with van der Waals surface area (Å²) >= 11 is 0. The molecule has 0 unspecified atom stereocenters. The molecule has 3 aromatic carbocycles. The first-order chi connectivity index (χ1) is 14.9. The van der Waals surface area contributed by atoms with Crippen LogP contribution < -0.4 is 9.62 Å². The van der Waals surface area contributed by atoms with Gasteiger partial charge in [-0.05, 0) is 60.9 Å². The van der Waals surface area contributed by atoms with Crippen LogP contribution in [0.25, 0.3) is 0 Å². The molecular formula is C22H19N3O5S. The van der Waals surface area contributed by atoms with Gasteiger partial charge in [0.15, 0.2) is 0 Å². The summed E-state index contributed by atoms with van der Waals surface area (Å²) in [7, 11) is -3.67. The van der Waals surface area contributed by atoms with E-state index < -0.39 is 20.9 Å². The topological polar surface area (TPSA) is 110 Å². The molecule has 9 heteroatoms. The summed E-state index contributed by atoms with van der Waals surface area (Å²) in [4.78, 5) is 22.9. The number of hydrogen-bond donors (Lipinski definition) is 1. The van der Waals surface area contributed by atoms with Crippen LogP contribution >= 0.6 is 0 Å². The highest BCUT2D eigenvalue weighted by molar-refractivity contribution is 7.92. The van der Waals surface area contributed by atoms with E-state index in [2.05, 4.69) is 5.32 Å². The Morgan fingerprint density at radius 2 is 1.71 bits per heavy atom. The number of nitro benzene ring substituents is 1. The molecule has 0 radical (unpaired) electrons. The van der Waals surface area contributed by atoms with Gasteiger partial charge in [-0.2, -0.15) is 0 Å². The molecule has 0 saturated heterocycles. The van der Waals surface area contributed by atoms with Crippen molar-refractivity contribution in [2.45, 2.75) is 17.7 Å². The SMILES string of the molecule is O=C(Nc1ccc2c(c1)CCCN2S(=O)(=O)c1ccccc1)c1ccc([N+](=O)[O-])cc1. The van der Waals surface area contributed by atoms with E-state index in [-0.39, 0.29) is 16.1 Å². The zero-order chi connectivity index (χ0) is 22.0. The minimum Gasteiger partial charge on any atom is -0.322 e. The van der Waals surface area contributed by atoms with Crippen molar-refractivity contribution < 1.29 is 18.1 Å². The van der Waals surface area contributed by atoms with Crippen molar-refractivity contribution >= 4 is 33.0 Å². The number of sulfonamides is 1. The number of aryl methyl sites for hydroxylation is 1. The van der Waals surface area contributed by atoms with Crippen LogP contribution in [0.2, 0.25) is 0 Å². The van der Waals surface area contributed by atoms with Gasteiger partial charge in [0.05, 0.1) is 15.5 Å². The number of rotatable bonds is 5. The maximum atomic E-state index is 13.1. The van der Waals surface area contributed by atoms with Gasteiger partial charge in [0, 0.05) is 29.9 Å². The lowest BCUT2D eigenvalue weighted by molar-refractivity contribution is -0.384. The Balaban J connectivity index is 1.57. The largest absolute Gasteiger partial charge is 0.322 e. The number of amides is 1. The Morgan fingerprint density at radius 1 is 1.00 bits per heavy atom. The van der Waals surface area contributed by atoms with Gasteiger partial charge in [-0.1, -0.05) is 18.2 Å². The molecule has 0 saturated carbocycles. The Labute approximate surface area is 179 Å². The molecule has 0 bridgehead atoms. The van der Waals surface area contributed by atoms with Crippen LogP contribution in [0.15, 0.2) is 77.7 Å². The monoisotopic (exact) mass is 437 g/mol. The number of carbonyl (C=O) groups excluding carboxylic acids is 1. The maximum Gasteiger partial charge on any atom is 0.269 e. The molecule has 0 fully saturated rings. The Bertz CT molecular complexity index is 1240. The van der Waals surface area contributed by atoms with Crippen LogP contribution in [-0.4, -0.2) is 25.8 Å². The lowest BCUT2D eigenvalue weighted by atomic mass is 10.0. The molecule has 1 aliphatic rings. The minimum absolute atomic E-state index is 0.0925. The van der Waals surface area contributed by atoms with Crippen LogP contribution in [0.5, 0.6) is 0 Å². The number of non-ortho nitro benzene ring substituents is 1. The van der Waals surface area contributed by atoms with E-state index in [1.165, 1.54) is 28.6 Å². The molecule has 158 valence electrons. The highest BCUT2D eigenvalue weighted by Crippen LogP contribution is 2.33. The van der Waals surface area contributed by atoms with Crippen molar-refractivity contribution in [2.24, 2.45) is 0 Å². The second kappa shape index (κ2) is 8.19. The molecule has 4 rings (SSSR count). The van der Waals surface area contributed by atoms with Crippen LogP contribution in [0.1, 0.15) is 22.3 Å². The number of anilines is 2. The van der Waals surface area contributed by atoms with E-state index in [1.54, 1.807) is 48.5 Å². The maximum absolute atomic E-state index is 13.1. The van der Waals surface area contributed by atoms with Gasteiger partial charge in [-0.25, -0.2) is 8.42 Å². The van der Waals surface area contributed by atoms with Gasteiger partial charge in [-0.3, -0.25) is 19.2 Å². The van der Waals surface area contributed by atoms with Crippen LogP contribution in [0.4, 0.5) is 17.1 Å². The molecule has 1 amide bonds. The van der Waals surface area contributed by atoms with E-state index in [4.69, 9.17) is 0 Å². The molecule has 0 spiro atoms. The van der Waals surface area contributed by atoms with Gasteiger partial charge in [0.1, 0.15) is 0 Å². The Hall–Kier alpha value is -3.72. The number of carbonyl (C=O) groups is 1. The predicted molar refractivity (Wildman–Crippen MR) is 117 cm³/mol. The van der Waals surface area contributed by atoms with Crippen LogP contribution in [0.3, 0.4) is 0 Å². The normalized spacial score (nSPS) is 13.4. The second-order valence-corrected chi connectivity index (χ2v) is 8.96. The zero-order valence-corrected chi connectivity index (χ0v) is 17.2. The fourth-order valence-electron chi connectivity index (χ4n) is 3.55. The van der Waals surface area contributed by atoms with Gasteiger partial charge < -0.3 is 5.32 Å². The summed E-state index contributed by atoms with van der Waals surface area (Å²) in [6.45, 7) is 0.388. The van der Waals surface area contributed by atoms with Gasteiger partial charge >= 0.3 is 0 Å². The summed E-state index contributed by atoms with van der Waals surface area (Å²) in [6, 6.07) is 18.7. The summed E-state index contributed by atoms with van der Waals surface area (Å²) in [6.07, 6.45) is 1.36. The first-order valence-corrected chi connectivity index (χ1v) is 11.1. The van der Waals surface area contributed by atoms with E-state index in [1.807, 2.05) is 0 Å². The minimum atomic E-state index is -3.67. The molecule has 3 aromatic rings. The molecule has 0 aromatic heterocycles. The molecule has 0 atom stereocenters. The number of nitrogens with one attached hydrogen (secondary N) is 1. The standard InChI is InChI=1S/C22H19N3O5S/c26-22(16-8-11-19(12-9-16)25(27)28)23-18-10-13-21-17(15-18)5-4-14-24(21)31(29,30)20-6-2-1-3-7-20/h1-3,6-13,15H,4-5,14H2,(H,23,26). The van der Waals surface area contributed by atoms with Crippen molar-refractivity contribution in [3.05, 3.63) is 94.0 Å². The van der Waals surface area contributed by atoms with E-state index in [0.29, 0.717) is 30.8 Å². The molecule has 0 aliphatic carbocycles. The second-order valence-electron chi connectivity index (χ2n) is 7.10. The first-order valence-electron chi connectivity index (χ1n) is 9.63. The van der Waals surface area contributed by atoms with Gasteiger partial charge in [-0.15, -0.1) is 0 Å².